The molecule has 0 spiro atoms. The molecule has 0 aromatic heterocycles. The van der Waals surface area contributed by atoms with Crippen molar-refractivity contribution >= 4 is 17.7 Å². The fourth-order valence-corrected chi connectivity index (χ4v) is 2.27. The van der Waals surface area contributed by atoms with Gasteiger partial charge in [-0.25, -0.2) is 0 Å². The van der Waals surface area contributed by atoms with Gasteiger partial charge in [-0.2, -0.15) is 0 Å². The number of hydrogen-bond donors (Lipinski definition) is 1. The van der Waals surface area contributed by atoms with Crippen molar-refractivity contribution in [3.8, 4) is 0 Å². The average molecular weight is 318 g/mol. The molecule has 0 aliphatic carbocycles. The lowest BCUT2D eigenvalue weighted by molar-refractivity contribution is -0.384. The summed E-state index contributed by atoms with van der Waals surface area (Å²) < 4.78 is 0. The number of benzene rings is 1. The van der Waals surface area contributed by atoms with Crippen molar-refractivity contribution in [2.75, 3.05) is 6.54 Å². The molecule has 0 aliphatic heterocycles. The summed E-state index contributed by atoms with van der Waals surface area (Å²) >= 11 is 0. The monoisotopic (exact) mass is 318 g/mol. The van der Waals surface area contributed by atoms with Gasteiger partial charge in [0.2, 0.25) is 5.91 Å². The van der Waals surface area contributed by atoms with Crippen LogP contribution in [0.2, 0.25) is 0 Å². The Morgan fingerprint density at radius 2 is 1.87 bits per heavy atom. The first-order chi connectivity index (χ1) is 11.1. The maximum Gasteiger partial charge on any atom is 0.270 e. The van der Waals surface area contributed by atoms with Gasteiger partial charge in [-0.05, 0) is 18.1 Å². The Bertz CT molecular complexity index is 527. The summed E-state index contributed by atoms with van der Waals surface area (Å²) in [4.78, 5) is 21.9. The molecule has 0 unspecified atom stereocenters. The number of nitrogens with zero attached hydrogens (tertiary/aromatic N) is 1. The Morgan fingerprint density at radius 3 is 2.57 bits per heavy atom. The Hall–Kier alpha value is -2.17. The molecular formula is C18H26N2O3. The van der Waals surface area contributed by atoms with E-state index < -0.39 is 4.92 Å². The maximum absolute atomic E-state index is 11.7. The first kappa shape index (κ1) is 18.9. The third-order valence-electron chi connectivity index (χ3n) is 3.59. The number of unbranched alkanes of at least 4 members (excludes halogenated alkanes) is 6. The Morgan fingerprint density at radius 1 is 1.17 bits per heavy atom. The van der Waals surface area contributed by atoms with Gasteiger partial charge in [-0.15, -0.1) is 0 Å². The standard InChI is InChI=1S/C18H26N2O3/c1-2-3-4-5-6-7-8-14-19-18(21)13-12-16-10-9-11-17(15-16)20(22)23/h9-13,15H,2-8,14H2,1H3,(H,19,21)/b13-12+. The summed E-state index contributed by atoms with van der Waals surface area (Å²) in [6, 6.07) is 6.21. The number of carbonyl (C=O) groups is 1. The zero-order chi connectivity index (χ0) is 16.9. The van der Waals surface area contributed by atoms with E-state index in [4.69, 9.17) is 0 Å². The topological polar surface area (TPSA) is 72.2 Å². The van der Waals surface area contributed by atoms with Crippen LogP contribution >= 0.6 is 0 Å². The normalized spacial score (nSPS) is 10.8. The van der Waals surface area contributed by atoms with Gasteiger partial charge in [-0.1, -0.05) is 57.6 Å². The van der Waals surface area contributed by atoms with Crippen molar-refractivity contribution in [1.29, 1.82) is 0 Å². The Balaban J connectivity index is 2.21. The van der Waals surface area contributed by atoms with E-state index >= 15 is 0 Å². The van der Waals surface area contributed by atoms with Gasteiger partial charge in [0.15, 0.2) is 0 Å². The Labute approximate surface area is 137 Å². The van der Waals surface area contributed by atoms with Crippen LogP contribution in [0.25, 0.3) is 6.08 Å². The molecule has 0 radical (unpaired) electrons. The second kappa shape index (κ2) is 11.4. The zero-order valence-corrected chi connectivity index (χ0v) is 13.8. The van der Waals surface area contributed by atoms with E-state index in [1.54, 1.807) is 18.2 Å². The van der Waals surface area contributed by atoms with Gasteiger partial charge in [0.25, 0.3) is 5.69 Å². The summed E-state index contributed by atoms with van der Waals surface area (Å²) in [6.07, 6.45) is 11.5. The first-order valence-electron chi connectivity index (χ1n) is 8.34. The predicted octanol–water partition coefficient (Wildman–Crippen LogP) is 4.47. The quantitative estimate of drug-likeness (QED) is 0.283. The average Bonchev–Trinajstić information content (AvgIpc) is 2.55. The molecule has 0 atom stereocenters. The highest BCUT2D eigenvalue weighted by molar-refractivity contribution is 5.91. The molecule has 0 saturated heterocycles. The highest BCUT2D eigenvalue weighted by atomic mass is 16.6. The van der Waals surface area contributed by atoms with Crippen molar-refractivity contribution < 1.29 is 9.72 Å². The van der Waals surface area contributed by atoms with Crippen molar-refractivity contribution in [1.82, 2.24) is 5.32 Å². The van der Waals surface area contributed by atoms with Crippen molar-refractivity contribution in [2.24, 2.45) is 0 Å². The van der Waals surface area contributed by atoms with Crippen LogP contribution in [0.4, 0.5) is 5.69 Å². The van der Waals surface area contributed by atoms with Crippen LogP contribution in [0, 0.1) is 10.1 Å². The molecule has 126 valence electrons. The van der Waals surface area contributed by atoms with Gasteiger partial charge in [-0.3, -0.25) is 14.9 Å². The lowest BCUT2D eigenvalue weighted by atomic mass is 10.1. The summed E-state index contributed by atoms with van der Waals surface area (Å²) in [6.45, 7) is 2.88. The van der Waals surface area contributed by atoms with Crippen LogP contribution in [0.15, 0.2) is 30.3 Å². The van der Waals surface area contributed by atoms with E-state index in [1.807, 2.05) is 0 Å². The van der Waals surface area contributed by atoms with Crippen LogP contribution in [0.5, 0.6) is 0 Å². The maximum atomic E-state index is 11.7. The molecule has 0 fully saturated rings. The van der Waals surface area contributed by atoms with E-state index in [0.717, 1.165) is 12.8 Å². The molecule has 0 heterocycles. The highest BCUT2D eigenvalue weighted by Crippen LogP contribution is 2.14. The molecule has 0 saturated carbocycles. The summed E-state index contributed by atoms with van der Waals surface area (Å²) in [5.41, 5.74) is 0.668. The molecular weight excluding hydrogens is 292 g/mol. The van der Waals surface area contributed by atoms with Gasteiger partial charge >= 0.3 is 0 Å². The summed E-state index contributed by atoms with van der Waals surface area (Å²) in [5.74, 6) is -0.164. The highest BCUT2D eigenvalue weighted by Gasteiger charge is 2.04. The second-order valence-corrected chi connectivity index (χ2v) is 5.60. The third-order valence-corrected chi connectivity index (χ3v) is 3.59. The van der Waals surface area contributed by atoms with Crippen LogP contribution in [0.3, 0.4) is 0 Å². The zero-order valence-electron chi connectivity index (χ0n) is 13.8. The van der Waals surface area contributed by atoms with E-state index in [0.29, 0.717) is 12.1 Å². The third kappa shape index (κ3) is 8.76. The molecule has 5 nitrogen and oxygen atoms in total. The lowest BCUT2D eigenvalue weighted by Gasteiger charge is -2.02. The molecule has 1 aromatic rings. The van der Waals surface area contributed by atoms with Gasteiger partial charge < -0.3 is 5.32 Å². The van der Waals surface area contributed by atoms with E-state index in [-0.39, 0.29) is 11.6 Å². The van der Waals surface area contributed by atoms with Gasteiger partial charge in [0, 0.05) is 24.8 Å². The number of amides is 1. The first-order valence-corrected chi connectivity index (χ1v) is 8.34. The SMILES string of the molecule is CCCCCCCCCNC(=O)/C=C/c1cccc([N+](=O)[O-])c1. The number of nitrogens with one attached hydrogen (secondary N) is 1. The number of carbonyl (C=O) groups excluding carboxylic acids is 1. The van der Waals surface area contributed by atoms with Crippen LogP contribution in [-0.2, 0) is 4.79 Å². The molecule has 1 rings (SSSR count). The van der Waals surface area contributed by atoms with E-state index in [9.17, 15) is 14.9 Å². The minimum Gasteiger partial charge on any atom is -0.353 e. The van der Waals surface area contributed by atoms with Crippen molar-refractivity contribution in [3.05, 3.63) is 46.0 Å². The second-order valence-electron chi connectivity index (χ2n) is 5.60. The number of non-ortho nitro benzene ring substituents is 1. The Kier molecular flexibility index (Phi) is 9.36. The lowest BCUT2D eigenvalue weighted by Crippen LogP contribution is -2.21. The fraction of sp³-hybridized carbons (Fsp3) is 0.500. The molecule has 1 N–H and O–H groups in total. The van der Waals surface area contributed by atoms with Crippen molar-refractivity contribution in [3.63, 3.8) is 0 Å². The number of nitro benzene ring substituents is 1. The van der Waals surface area contributed by atoms with E-state index in [2.05, 4.69) is 12.2 Å². The van der Waals surface area contributed by atoms with Crippen molar-refractivity contribution in [2.45, 2.75) is 51.9 Å². The molecule has 5 heteroatoms. The predicted molar refractivity (Wildman–Crippen MR) is 93.1 cm³/mol. The molecule has 0 bridgehead atoms. The number of hydrogen-bond acceptors (Lipinski definition) is 3. The summed E-state index contributed by atoms with van der Waals surface area (Å²) in [5, 5.41) is 13.5. The van der Waals surface area contributed by atoms with E-state index in [1.165, 1.54) is 50.3 Å². The van der Waals surface area contributed by atoms with Gasteiger partial charge in [0.05, 0.1) is 4.92 Å². The van der Waals surface area contributed by atoms with Crippen LogP contribution < -0.4 is 5.32 Å². The number of rotatable bonds is 11. The number of nitro groups is 1. The van der Waals surface area contributed by atoms with Crippen LogP contribution in [0.1, 0.15) is 57.4 Å². The minimum atomic E-state index is -0.447. The largest absolute Gasteiger partial charge is 0.353 e. The molecule has 1 aromatic carbocycles. The minimum absolute atomic E-state index is 0.0237. The molecule has 1 amide bonds. The fourth-order valence-electron chi connectivity index (χ4n) is 2.27. The molecule has 23 heavy (non-hydrogen) atoms. The van der Waals surface area contributed by atoms with Gasteiger partial charge in [0.1, 0.15) is 0 Å². The smallest absolute Gasteiger partial charge is 0.270 e. The molecule has 0 aliphatic rings. The summed E-state index contributed by atoms with van der Waals surface area (Å²) in [7, 11) is 0. The van der Waals surface area contributed by atoms with Crippen LogP contribution in [-0.4, -0.2) is 17.4 Å².